The van der Waals surface area contributed by atoms with E-state index in [2.05, 4.69) is 0 Å². The predicted molar refractivity (Wildman–Crippen MR) is 65.7 cm³/mol. The van der Waals surface area contributed by atoms with Gasteiger partial charge in [0.1, 0.15) is 17.4 Å². The van der Waals surface area contributed by atoms with E-state index in [0.29, 0.717) is 32.0 Å². The van der Waals surface area contributed by atoms with Gasteiger partial charge in [-0.25, -0.2) is 8.78 Å². The maximum Gasteiger partial charge on any atom is 0.256 e. The molecule has 1 aromatic carbocycles. The summed E-state index contributed by atoms with van der Waals surface area (Å²) in [7, 11) is 0. The molecule has 2 rings (SSSR count). The molecule has 5 heteroatoms. The van der Waals surface area contributed by atoms with Gasteiger partial charge in [-0.2, -0.15) is 0 Å². The molecule has 0 radical (unpaired) electrons. The number of piperidine rings is 1. The molecule has 1 aliphatic rings. The quantitative estimate of drug-likeness (QED) is 0.825. The third kappa shape index (κ3) is 2.97. The number of ketones is 1. The molecule has 0 N–H and O–H groups in total. The van der Waals surface area contributed by atoms with Crippen molar-refractivity contribution in [1.82, 2.24) is 4.90 Å². The van der Waals surface area contributed by atoms with Crippen molar-refractivity contribution in [2.75, 3.05) is 13.1 Å². The second-order valence-corrected chi connectivity index (χ2v) is 4.80. The highest BCUT2D eigenvalue weighted by atomic mass is 19.1. The summed E-state index contributed by atoms with van der Waals surface area (Å²) < 4.78 is 26.3. The van der Waals surface area contributed by atoms with E-state index in [1.54, 1.807) is 6.92 Å². The largest absolute Gasteiger partial charge is 0.339 e. The maximum atomic E-state index is 13.5. The number of carbonyl (C=O) groups excluding carboxylic acids is 2. The van der Waals surface area contributed by atoms with Crippen LogP contribution in [0.2, 0.25) is 0 Å². The Morgan fingerprint density at radius 1 is 1.21 bits per heavy atom. The zero-order chi connectivity index (χ0) is 14.0. The second kappa shape index (κ2) is 5.47. The molecule has 0 saturated carbocycles. The molecule has 1 fully saturated rings. The van der Waals surface area contributed by atoms with E-state index in [-0.39, 0.29) is 17.3 Å². The van der Waals surface area contributed by atoms with Crippen molar-refractivity contribution in [3.8, 4) is 0 Å². The number of hydrogen-bond donors (Lipinski definition) is 0. The van der Waals surface area contributed by atoms with Gasteiger partial charge in [0.25, 0.3) is 5.91 Å². The minimum absolute atomic E-state index is 0.0119. The van der Waals surface area contributed by atoms with Crippen molar-refractivity contribution in [1.29, 1.82) is 0 Å². The number of carbonyl (C=O) groups is 2. The van der Waals surface area contributed by atoms with Gasteiger partial charge >= 0.3 is 0 Å². The van der Waals surface area contributed by atoms with Crippen molar-refractivity contribution in [2.24, 2.45) is 5.92 Å². The van der Waals surface area contributed by atoms with Crippen LogP contribution < -0.4 is 0 Å². The van der Waals surface area contributed by atoms with Crippen LogP contribution in [0, 0.1) is 17.6 Å². The average molecular weight is 267 g/mol. The predicted octanol–water partition coefficient (Wildman–Crippen LogP) is 2.41. The number of Topliss-reactive ketones (excluding diaryl/α,β-unsaturated/α-hetero) is 1. The summed E-state index contributed by atoms with van der Waals surface area (Å²) >= 11 is 0. The second-order valence-electron chi connectivity index (χ2n) is 4.80. The van der Waals surface area contributed by atoms with Crippen LogP contribution in [0.3, 0.4) is 0 Å². The molecule has 0 spiro atoms. The first-order valence-corrected chi connectivity index (χ1v) is 6.24. The summed E-state index contributed by atoms with van der Waals surface area (Å²) in [5.41, 5.74) is -0.123. The summed E-state index contributed by atoms with van der Waals surface area (Å²) in [5, 5.41) is 0. The van der Waals surface area contributed by atoms with Gasteiger partial charge in [0.2, 0.25) is 0 Å². The lowest BCUT2D eigenvalue weighted by Crippen LogP contribution is -2.40. The van der Waals surface area contributed by atoms with Crippen LogP contribution in [-0.4, -0.2) is 29.7 Å². The Hall–Kier alpha value is -1.78. The van der Waals surface area contributed by atoms with Crippen LogP contribution in [0.5, 0.6) is 0 Å². The SMILES string of the molecule is CC(=O)C1CCN(C(=O)c2ccc(F)cc2F)CC1. The summed E-state index contributed by atoms with van der Waals surface area (Å²) in [5.74, 6) is -1.88. The molecule has 1 heterocycles. The summed E-state index contributed by atoms with van der Waals surface area (Å²) in [6.07, 6.45) is 1.20. The maximum absolute atomic E-state index is 13.5. The fourth-order valence-corrected chi connectivity index (χ4v) is 2.32. The Labute approximate surface area is 110 Å². The van der Waals surface area contributed by atoms with Gasteiger partial charge in [-0.3, -0.25) is 9.59 Å². The summed E-state index contributed by atoms with van der Waals surface area (Å²) in [6, 6.07) is 2.93. The molecule has 1 amide bonds. The minimum atomic E-state index is -0.848. The number of rotatable bonds is 2. The number of benzene rings is 1. The van der Waals surface area contributed by atoms with Gasteiger partial charge in [0.05, 0.1) is 5.56 Å². The third-order valence-electron chi connectivity index (χ3n) is 3.52. The first-order valence-electron chi connectivity index (χ1n) is 6.24. The van der Waals surface area contributed by atoms with Gasteiger partial charge in [-0.15, -0.1) is 0 Å². The standard InChI is InChI=1S/C14H15F2NO2/c1-9(18)10-4-6-17(7-5-10)14(19)12-3-2-11(15)8-13(12)16/h2-3,8,10H,4-7H2,1H3. The van der Waals surface area contributed by atoms with Crippen LogP contribution in [0.4, 0.5) is 8.78 Å². The Morgan fingerprint density at radius 2 is 1.84 bits per heavy atom. The van der Waals surface area contributed by atoms with Crippen LogP contribution >= 0.6 is 0 Å². The lowest BCUT2D eigenvalue weighted by molar-refractivity contribution is -0.121. The van der Waals surface area contributed by atoms with E-state index in [9.17, 15) is 18.4 Å². The zero-order valence-electron chi connectivity index (χ0n) is 10.7. The van der Waals surface area contributed by atoms with Gasteiger partial charge in [-0.05, 0) is 31.9 Å². The van der Waals surface area contributed by atoms with Gasteiger partial charge in [0, 0.05) is 25.1 Å². The zero-order valence-corrected chi connectivity index (χ0v) is 10.7. The van der Waals surface area contributed by atoms with E-state index in [0.717, 1.165) is 12.1 Å². The average Bonchev–Trinajstić information content (AvgIpc) is 2.38. The lowest BCUT2D eigenvalue weighted by atomic mass is 9.93. The molecule has 1 aromatic rings. The van der Waals surface area contributed by atoms with Crippen molar-refractivity contribution < 1.29 is 18.4 Å². The highest BCUT2D eigenvalue weighted by Gasteiger charge is 2.27. The Balaban J connectivity index is 2.07. The fraction of sp³-hybridized carbons (Fsp3) is 0.429. The van der Waals surface area contributed by atoms with E-state index < -0.39 is 17.5 Å². The molecule has 0 unspecified atom stereocenters. The third-order valence-corrected chi connectivity index (χ3v) is 3.52. The van der Waals surface area contributed by atoms with Crippen LogP contribution in [-0.2, 0) is 4.79 Å². The highest BCUT2D eigenvalue weighted by Crippen LogP contribution is 2.21. The smallest absolute Gasteiger partial charge is 0.256 e. The van der Waals surface area contributed by atoms with Crippen molar-refractivity contribution in [2.45, 2.75) is 19.8 Å². The Kier molecular flexibility index (Phi) is 3.93. The number of nitrogens with zero attached hydrogens (tertiary/aromatic N) is 1. The molecule has 1 aliphatic heterocycles. The minimum Gasteiger partial charge on any atom is -0.339 e. The van der Waals surface area contributed by atoms with E-state index in [1.807, 2.05) is 0 Å². The van der Waals surface area contributed by atoms with Gasteiger partial charge in [0.15, 0.2) is 0 Å². The molecule has 19 heavy (non-hydrogen) atoms. The topological polar surface area (TPSA) is 37.4 Å². The van der Waals surface area contributed by atoms with E-state index in [1.165, 1.54) is 4.90 Å². The normalized spacial score (nSPS) is 16.5. The van der Waals surface area contributed by atoms with Crippen LogP contribution in [0.1, 0.15) is 30.1 Å². The van der Waals surface area contributed by atoms with E-state index >= 15 is 0 Å². The van der Waals surface area contributed by atoms with Crippen LogP contribution in [0.25, 0.3) is 0 Å². The molecule has 0 aromatic heterocycles. The summed E-state index contributed by atoms with van der Waals surface area (Å²) in [4.78, 5) is 24.8. The monoisotopic (exact) mass is 267 g/mol. The van der Waals surface area contributed by atoms with Crippen molar-refractivity contribution in [3.63, 3.8) is 0 Å². The summed E-state index contributed by atoms with van der Waals surface area (Å²) in [6.45, 7) is 2.40. The molecular weight excluding hydrogens is 252 g/mol. The molecule has 3 nitrogen and oxygen atoms in total. The van der Waals surface area contributed by atoms with Gasteiger partial charge in [-0.1, -0.05) is 0 Å². The fourth-order valence-electron chi connectivity index (χ4n) is 2.32. The Morgan fingerprint density at radius 3 is 2.37 bits per heavy atom. The molecule has 0 bridgehead atoms. The van der Waals surface area contributed by atoms with Crippen molar-refractivity contribution in [3.05, 3.63) is 35.4 Å². The van der Waals surface area contributed by atoms with Crippen LogP contribution in [0.15, 0.2) is 18.2 Å². The first kappa shape index (κ1) is 13.6. The first-order chi connectivity index (χ1) is 8.99. The molecule has 0 atom stereocenters. The van der Waals surface area contributed by atoms with E-state index in [4.69, 9.17) is 0 Å². The number of halogens is 2. The van der Waals surface area contributed by atoms with Crippen molar-refractivity contribution >= 4 is 11.7 Å². The van der Waals surface area contributed by atoms with Gasteiger partial charge < -0.3 is 4.90 Å². The number of likely N-dealkylation sites (tertiary alicyclic amines) is 1. The molecule has 1 saturated heterocycles. The molecule has 0 aliphatic carbocycles. The number of hydrogen-bond acceptors (Lipinski definition) is 2. The highest BCUT2D eigenvalue weighted by molar-refractivity contribution is 5.94. The molecular formula is C14H15F2NO2. The lowest BCUT2D eigenvalue weighted by Gasteiger charge is -2.31. The molecule has 102 valence electrons. The Bertz CT molecular complexity index is 508. The number of amides is 1.